The Morgan fingerprint density at radius 1 is 1.16 bits per heavy atom. The Kier molecular flexibility index (Phi) is 3.76. The molecule has 1 aromatic carbocycles. The Morgan fingerprint density at radius 2 is 1.79 bits per heavy atom. The van der Waals surface area contributed by atoms with Crippen molar-refractivity contribution in [1.82, 2.24) is 15.1 Å². The van der Waals surface area contributed by atoms with E-state index in [9.17, 15) is 0 Å². The monoisotopic (exact) mass is 257 g/mol. The Bertz CT molecular complexity index is 544. The third kappa shape index (κ3) is 3.04. The summed E-state index contributed by atoms with van der Waals surface area (Å²) >= 11 is 0. The van der Waals surface area contributed by atoms with Gasteiger partial charge >= 0.3 is 0 Å². The maximum absolute atomic E-state index is 4.57. The van der Waals surface area contributed by atoms with Gasteiger partial charge in [0.15, 0.2) is 0 Å². The van der Waals surface area contributed by atoms with Crippen molar-refractivity contribution >= 4 is 0 Å². The Balaban J connectivity index is 2.37. The number of aromatic nitrogens is 2. The molecule has 1 heterocycles. The van der Waals surface area contributed by atoms with Crippen LogP contribution in [0.1, 0.15) is 31.9 Å². The van der Waals surface area contributed by atoms with Gasteiger partial charge in [0.1, 0.15) is 0 Å². The van der Waals surface area contributed by atoms with Crippen molar-refractivity contribution in [3.63, 3.8) is 0 Å². The van der Waals surface area contributed by atoms with E-state index in [-0.39, 0.29) is 5.41 Å². The first-order valence-corrected chi connectivity index (χ1v) is 6.70. The zero-order valence-corrected chi connectivity index (χ0v) is 12.5. The van der Waals surface area contributed by atoms with E-state index in [0.29, 0.717) is 0 Å². The number of aryl methyl sites for hydroxylation is 1. The third-order valence-corrected chi connectivity index (χ3v) is 3.30. The highest BCUT2D eigenvalue weighted by Crippen LogP contribution is 2.27. The topological polar surface area (TPSA) is 29.9 Å². The fourth-order valence-electron chi connectivity index (χ4n) is 2.23. The molecule has 0 saturated carbocycles. The molecule has 0 atom stereocenters. The fourth-order valence-corrected chi connectivity index (χ4v) is 2.23. The molecule has 19 heavy (non-hydrogen) atoms. The summed E-state index contributed by atoms with van der Waals surface area (Å²) in [6.07, 6.45) is 2.07. The van der Waals surface area contributed by atoms with Crippen molar-refractivity contribution in [2.45, 2.75) is 32.7 Å². The van der Waals surface area contributed by atoms with Crippen molar-refractivity contribution in [2.24, 2.45) is 7.05 Å². The van der Waals surface area contributed by atoms with Gasteiger partial charge in [-0.25, -0.2) is 0 Å². The minimum absolute atomic E-state index is 0.191. The number of benzene rings is 1. The second-order valence-corrected chi connectivity index (χ2v) is 6.03. The van der Waals surface area contributed by atoms with Gasteiger partial charge in [0, 0.05) is 30.9 Å². The first kappa shape index (κ1) is 13.8. The Morgan fingerprint density at radius 3 is 2.32 bits per heavy atom. The molecule has 3 nitrogen and oxygen atoms in total. The molecule has 1 N–H and O–H groups in total. The molecular weight excluding hydrogens is 234 g/mol. The van der Waals surface area contributed by atoms with Gasteiger partial charge in [-0.3, -0.25) is 4.68 Å². The van der Waals surface area contributed by atoms with Crippen molar-refractivity contribution < 1.29 is 0 Å². The molecular formula is C16H23N3. The first-order chi connectivity index (χ1) is 8.91. The van der Waals surface area contributed by atoms with Crippen molar-refractivity contribution in [3.05, 3.63) is 41.6 Å². The van der Waals surface area contributed by atoms with E-state index in [1.165, 1.54) is 16.7 Å². The summed E-state index contributed by atoms with van der Waals surface area (Å²) in [5, 5.41) is 7.76. The first-order valence-electron chi connectivity index (χ1n) is 6.70. The standard InChI is InChI=1S/C16H23N3/c1-16(2,3)14-8-6-12(7-9-14)15-13(10-17-4)11-19(5)18-15/h6-9,11,17H,10H2,1-5H3. The molecule has 0 aliphatic rings. The molecule has 0 saturated heterocycles. The van der Waals surface area contributed by atoms with Gasteiger partial charge in [-0.15, -0.1) is 0 Å². The maximum Gasteiger partial charge on any atom is 0.0967 e. The molecule has 1 aromatic heterocycles. The van der Waals surface area contributed by atoms with Gasteiger partial charge in [0.25, 0.3) is 0 Å². The summed E-state index contributed by atoms with van der Waals surface area (Å²) < 4.78 is 1.87. The highest BCUT2D eigenvalue weighted by atomic mass is 15.3. The minimum Gasteiger partial charge on any atom is -0.316 e. The lowest BCUT2D eigenvalue weighted by molar-refractivity contribution is 0.590. The Hall–Kier alpha value is -1.61. The van der Waals surface area contributed by atoms with Crippen molar-refractivity contribution in [3.8, 4) is 11.3 Å². The highest BCUT2D eigenvalue weighted by Gasteiger charge is 2.14. The average Bonchev–Trinajstić information content (AvgIpc) is 2.70. The maximum atomic E-state index is 4.57. The fraction of sp³-hybridized carbons (Fsp3) is 0.438. The van der Waals surface area contributed by atoms with Gasteiger partial charge in [-0.2, -0.15) is 5.10 Å². The number of nitrogens with one attached hydrogen (secondary N) is 1. The van der Waals surface area contributed by atoms with Crippen LogP contribution in [0.15, 0.2) is 30.5 Å². The molecule has 0 spiro atoms. The summed E-state index contributed by atoms with van der Waals surface area (Å²) in [7, 11) is 3.92. The molecule has 0 amide bonds. The summed E-state index contributed by atoms with van der Waals surface area (Å²) in [5.74, 6) is 0. The lowest BCUT2D eigenvalue weighted by atomic mass is 9.86. The van der Waals surface area contributed by atoms with E-state index in [4.69, 9.17) is 0 Å². The molecule has 0 unspecified atom stereocenters. The van der Waals surface area contributed by atoms with E-state index in [1.54, 1.807) is 0 Å². The second-order valence-electron chi connectivity index (χ2n) is 6.03. The van der Waals surface area contributed by atoms with Crippen LogP contribution in [-0.4, -0.2) is 16.8 Å². The summed E-state index contributed by atoms with van der Waals surface area (Å²) in [6, 6.07) is 8.74. The van der Waals surface area contributed by atoms with Crippen LogP contribution in [-0.2, 0) is 19.0 Å². The van der Waals surface area contributed by atoms with E-state index in [1.807, 2.05) is 18.8 Å². The lowest BCUT2D eigenvalue weighted by Crippen LogP contribution is -2.10. The summed E-state index contributed by atoms with van der Waals surface area (Å²) in [6.45, 7) is 7.53. The van der Waals surface area contributed by atoms with Crippen LogP contribution in [0.2, 0.25) is 0 Å². The molecule has 2 aromatic rings. The van der Waals surface area contributed by atoms with Gasteiger partial charge < -0.3 is 5.32 Å². The largest absolute Gasteiger partial charge is 0.316 e. The van der Waals surface area contributed by atoms with Crippen molar-refractivity contribution in [1.29, 1.82) is 0 Å². The molecule has 0 aliphatic heterocycles. The number of rotatable bonds is 3. The van der Waals surface area contributed by atoms with Crippen LogP contribution in [0.4, 0.5) is 0 Å². The lowest BCUT2D eigenvalue weighted by Gasteiger charge is -2.19. The molecule has 2 rings (SSSR count). The van der Waals surface area contributed by atoms with Crippen LogP contribution < -0.4 is 5.32 Å². The van der Waals surface area contributed by atoms with Crippen LogP contribution in [0.3, 0.4) is 0 Å². The van der Waals surface area contributed by atoms with Crippen molar-refractivity contribution in [2.75, 3.05) is 7.05 Å². The van der Waals surface area contributed by atoms with E-state index >= 15 is 0 Å². The second kappa shape index (κ2) is 5.17. The molecule has 0 fully saturated rings. The van der Waals surface area contributed by atoms with Gasteiger partial charge in [-0.05, 0) is 18.0 Å². The van der Waals surface area contributed by atoms with Crippen LogP contribution in [0.25, 0.3) is 11.3 Å². The SMILES string of the molecule is CNCc1cn(C)nc1-c1ccc(C(C)(C)C)cc1. The molecule has 3 heteroatoms. The minimum atomic E-state index is 0.191. The molecule has 0 radical (unpaired) electrons. The van der Waals surface area contributed by atoms with Crippen LogP contribution >= 0.6 is 0 Å². The number of hydrogen-bond donors (Lipinski definition) is 1. The third-order valence-electron chi connectivity index (χ3n) is 3.30. The number of hydrogen-bond acceptors (Lipinski definition) is 2. The quantitative estimate of drug-likeness (QED) is 0.915. The van der Waals surface area contributed by atoms with Gasteiger partial charge in [0.05, 0.1) is 5.69 Å². The molecule has 0 aliphatic carbocycles. The predicted octanol–water partition coefficient (Wildman–Crippen LogP) is 3.10. The van der Waals surface area contributed by atoms with Crippen LogP contribution in [0, 0.1) is 0 Å². The summed E-state index contributed by atoms with van der Waals surface area (Å²) in [5.41, 5.74) is 5.02. The highest BCUT2D eigenvalue weighted by molar-refractivity contribution is 5.63. The normalized spacial score (nSPS) is 11.8. The average molecular weight is 257 g/mol. The smallest absolute Gasteiger partial charge is 0.0967 e. The summed E-state index contributed by atoms with van der Waals surface area (Å²) in [4.78, 5) is 0. The zero-order chi connectivity index (χ0) is 14.0. The zero-order valence-electron chi connectivity index (χ0n) is 12.5. The molecule has 0 bridgehead atoms. The van der Waals surface area contributed by atoms with Crippen LogP contribution in [0.5, 0.6) is 0 Å². The van der Waals surface area contributed by atoms with E-state index in [2.05, 4.69) is 61.6 Å². The predicted molar refractivity (Wildman–Crippen MR) is 80.1 cm³/mol. The van der Waals surface area contributed by atoms with E-state index in [0.717, 1.165) is 12.2 Å². The van der Waals surface area contributed by atoms with Gasteiger partial charge in [-0.1, -0.05) is 45.0 Å². The van der Waals surface area contributed by atoms with Gasteiger partial charge in [0.2, 0.25) is 0 Å². The Labute approximate surface area is 115 Å². The molecule has 102 valence electrons. The number of nitrogens with zero attached hydrogens (tertiary/aromatic N) is 2. The van der Waals surface area contributed by atoms with E-state index < -0.39 is 0 Å².